The maximum Gasteiger partial charge on any atom is 0.186 e. The molecule has 6 nitrogen and oxygen atoms in total. The zero-order valence-corrected chi connectivity index (χ0v) is 16.6. The number of aliphatic hydroxyl groups excluding tert-OH is 4. The molecular formula is C21H32O6. The van der Waals surface area contributed by atoms with Gasteiger partial charge in [0.25, 0.3) is 0 Å². The van der Waals surface area contributed by atoms with Crippen molar-refractivity contribution >= 4 is 0 Å². The van der Waals surface area contributed by atoms with E-state index in [1.807, 2.05) is 0 Å². The zero-order chi connectivity index (χ0) is 19.9. The summed E-state index contributed by atoms with van der Waals surface area (Å²) >= 11 is 0. The third kappa shape index (κ3) is 3.67. The molecule has 0 unspecified atom stereocenters. The highest BCUT2D eigenvalue weighted by Gasteiger charge is 2.45. The van der Waals surface area contributed by atoms with E-state index >= 15 is 0 Å². The number of hydrogen-bond donors (Lipinski definition) is 4. The van der Waals surface area contributed by atoms with Crippen LogP contribution < -0.4 is 0 Å². The second-order valence-corrected chi connectivity index (χ2v) is 8.39. The smallest absolute Gasteiger partial charge is 0.186 e. The van der Waals surface area contributed by atoms with E-state index in [1.165, 1.54) is 27.8 Å². The molecule has 2 aliphatic rings. The summed E-state index contributed by atoms with van der Waals surface area (Å²) in [6.45, 7) is 8.47. The van der Waals surface area contributed by atoms with Gasteiger partial charge in [0.15, 0.2) is 6.29 Å². The van der Waals surface area contributed by atoms with Crippen LogP contribution in [0.25, 0.3) is 0 Å². The lowest BCUT2D eigenvalue weighted by Crippen LogP contribution is -2.59. The fourth-order valence-electron chi connectivity index (χ4n) is 4.41. The summed E-state index contributed by atoms with van der Waals surface area (Å²) in [6, 6.07) is 2.24. The fourth-order valence-corrected chi connectivity index (χ4v) is 4.41. The maximum atomic E-state index is 10.2. The van der Waals surface area contributed by atoms with Crippen molar-refractivity contribution in [2.75, 3.05) is 13.2 Å². The van der Waals surface area contributed by atoms with Crippen molar-refractivity contribution in [2.24, 2.45) is 0 Å². The van der Waals surface area contributed by atoms with Gasteiger partial charge >= 0.3 is 0 Å². The van der Waals surface area contributed by atoms with Crippen LogP contribution >= 0.6 is 0 Å². The summed E-state index contributed by atoms with van der Waals surface area (Å²) in [4.78, 5) is 0. The average molecular weight is 380 g/mol. The van der Waals surface area contributed by atoms with Gasteiger partial charge in [-0.25, -0.2) is 0 Å². The van der Waals surface area contributed by atoms with Crippen LogP contribution in [0.1, 0.15) is 47.6 Å². The lowest BCUT2D eigenvalue weighted by atomic mass is 9.69. The number of fused-ring (bicyclic) bond motifs is 1. The third-order valence-corrected chi connectivity index (χ3v) is 6.51. The first-order chi connectivity index (χ1) is 12.7. The molecular weight excluding hydrogens is 348 g/mol. The van der Waals surface area contributed by atoms with E-state index in [1.54, 1.807) is 0 Å². The van der Waals surface area contributed by atoms with E-state index in [0.29, 0.717) is 6.61 Å². The van der Waals surface area contributed by atoms with Crippen molar-refractivity contribution < 1.29 is 29.9 Å². The third-order valence-electron chi connectivity index (χ3n) is 6.51. The summed E-state index contributed by atoms with van der Waals surface area (Å²) < 4.78 is 11.4. The Balaban J connectivity index is 1.81. The van der Waals surface area contributed by atoms with Gasteiger partial charge in [-0.05, 0) is 67.9 Å². The Bertz CT molecular complexity index is 688. The Morgan fingerprint density at radius 1 is 1.11 bits per heavy atom. The number of hydrogen-bond acceptors (Lipinski definition) is 6. The van der Waals surface area contributed by atoms with Crippen molar-refractivity contribution in [1.82, 2.24) is 0 Å². The SMILES string of the molecule is Cc1cc2c(c(C)c1C)CCC[C@]2(C)CO[C@H]1O[C@H](CO)[C@@H](O)[C@H](O)[C@H]1O. The van der Waals surface area contributed by atoms with E-state index in [-0.39, 0.29) is 5.41 Å². The monoisotopic (exact) mass is 380 g/mol. The highest BCUT2D eigenvalue weighted by molar-refractivity contribution is 5.48. The molecule has 1 saturated heterocycles. The van der Waals surface area contributed by atoms with Gasteiger partial charge in [-0.2, -0.15) is 0 Å². The van der Waals surface area contributed by atoms with Gasteiger partial charge in [-0.3, -0.25) is 0 Å². The van der Waals surface area contributed by atoms with E-state index in [9.17, 15) is 20.4 Å². The van der Waals surface area contributed by atoms with Gasteiger partial charge in [-0.1, -0.05) is 13.0 Å². The highest BCUT2D eigenvalue weighted by atomic mass is 16.7. The van der Waals surface area contributed by atoms with E-state index in [4.69, 9.17) is 9.47 Å². The van der Waals surface area contributed by atoms with Crippen LogP contribution in [0.15, 0.2) is 6.07 Å². The Morgan fingerprint density at radius 2 is 1.81 bits per heavy atom. The fraction of sp³-hybridized carbons (Fsp3) is 0.714. The van der Waals surface area contributed by atoms with Crippen LogP contribution in [0.4, 0.5) is 0 Å². The van der Waals surface area contributed by atoms with Crippen molar-refractivity contribution in [3.05, 3.63) is 33.9 Å². The molecule has 1 aliphatic heterocycles. The molecule has 1 aliphatic carbocycles. The molecule has 27 heavy (non-hydrogen) atoms. The van der Waals surface area contributed by atoms with Gasteiger partial charge in [0.1, 0.15) is 24.4 Å². The van der Waals surface area contributed by atoms with Crippen LogP contribution in [-0.2, 0) is 21.3 Å². The number of aryl methyl sites for hydroxylation is 1. The molecule has 6 atom stereocenters. The molecule has 152 valence electrons. The van der Waals surface area contributed by atoms with Gasteiger partial charge in [0, 0.05) is 5.41 Å². The number of benzene rings is 1. The summed E-state index contributed by atoms with van der Waals surface area (Å²) in [7, 11) is 0. The Labute approximate surface area is 160 Å². The first-order valence-corrected chi connectivity index (χ1v) is 9.72. The molecule has 1 heterocycles. The zero-order valence-electron chi connectivity index (χ0n) is 16.6. The molecule has 1 aromatic rings. The minimum absolute atomic E-state index is 0.227. The standard InChI is InChI=1S/C21H32O6/c1-11-8-15-14(13(3)12(11)2)6-5-7-21(15,4)10-26-20-19(25)18(24)17(23)16(9-22)27-20/h8,16-20,22-25H,5-7,9-10H2,1-4H3/t16-,17-,18+,19-,20+,21-/m1/s1. The molecule has 0 aromatic heterocycles. The van der Waals surface area contributed by atoms with Crippen molar-refractivity contribution in [3.8, 4) is 0 Å². The number of aliphatic hydroxyl groups is 4. The average Bonchev–Trinajstić information content (AvgIpc) is 2.65. The van der Waals surface area contributed by atoms with E-state index < -0.39 is 37.3 Å². The van der Waals surface area contributed by atoms with E-state index in [2.05, 4.69) is 33.8 Å². The molecule has 4 N–H and O–H groups in total. The van der Waals surface area contributed by atoms with Crippen LogP contribution in [0.3, 0.4) is 0 Å². The Morgan fingerprint density at radius 3 is 2.48 bits per heavy atom. The minimum atomic E-state index is -1.42. The molecule has 0 spiro atoms. The molecule has 0 amide bonds. The van der Waals surface area contributed by atoms with E-state index in [0.717, 1.165) is 19.3 Å². The Hall–Kier alpha value is -1.02. The summed E-state index contributed by atoms with van der Waals surface area (Å²) in [5, 5.41) is 39.4. The molecule has 0 bridgehead atoms. The maximum absolute atomic E-state index is 10.2. The van der Waals surface area contributed by atoms with Crippen LogP contribution in [-0.4, -0.2) is 64.3 Å². The first-order valence-electron chi connectivity index (χ1n) is 9.72. The highest BCUT2D eigenvalue weighted by Crippen LogP contribution is 2.41. The second kappa shape index (κ2) is 7.78. The lowest BCUT2D eigenvalue weighted by Gasteiger charge is -2.42. The van der Waals surface area contributed by atoms with Gasteiger partial charge < -0.3 is 29.9 Å². The summed E-state index contributed by atoms with van der Waals surface area (Å²) in [6.07, 6.45) is -3.12. The molecule has 6 heteroatoms. The lowest BCUT2D eigenvalue weighted by molar-refractivity contribution is -0.304. The predicted octanol–water partition coefficient (Wildman–Crippen LogP) is 1.02. The molecule has 1 aromatic carbocycles. The molecule has 1 fully saturated rings. The van der Waals surface area contributed by atoms with Crippen LogP contribution in [0.5, 0.6) is 0 Å². The first kappa shape index (κ1) is 20.7. The Kier molecular flexibility index (Phi) is 5.96. The summed E-state index contributed by atoms with van der Waals surface area (Å²) in [5.74, 6) is 0. The van der Waals surface area contributed by atoms with Crippen LogP contribution in [0.2, 0.25) is 0 Å². The largest absolute Gasteiger partial charge is 0.394 e. The predicted molar refractivity (Wildman–Crippen MR) is 101 cm³/mol. The summed E-state index contributed by atoms with van der Waals surface area (Å²) in [5.41, 5.74) is 6.35. The molecule has 0 radical (unpaired) electrons. The van der Waals surface area contributed by atoms with Crippen LogP contribution in [0, 0.1) is 20.8 Å². The van der Waals surface area contributed by atoms with Gasteiger partial charge in [0.2, 0.25) is 0 Å². The second-order valence-electron chi connectivity index (χ2n) is 8.39. The topological polar surface area (TPSA) is 99.4 Å². The molecule has 0 saturated carbocycles. The van der Waals surface area contributed by atoms with Crippen molar-refractivity contribution in [3.63, 3.8) is 0 Å². The number of rotatable bonds is 4. The van der Waals surface area contributed by atoms with Gasteiger partial charge in [-0.15, -0.1) is 0 Å². The normalized spacial score (nSPS) is 36.5. The van der Waals surface area contributed by atoms with Crippen molar-refractivity contribution in [1.29, 1.82) is 0 Å². The number of ether oxygens (including phenoxy) is 2. The van der Waals surface area contributed by atoms with Crippen molar-refractivity contribution in [2.45, 2.75) is 83.1 Å². The molecule has 3 rings (SSSR count). The quantitative estimate of drug-likeness (QED) is 0.623. The minimum Gasteiger partial charge on any atom is -0.394 e. The van der Waals surface area contributed by atoms with Gasteiger partial charge in [0.05, 0.1) is 13.2 Å².